The molecule has 0 saturated carbocycles. The van der Waals surface area contributed by atoms with Gasteiger partial charge in [0.25, 0.3) is 11.5 Å². The van der Waals surface area contributed by atoms with Crippen molar-refractivity contribution in [2.45, 2.75) is 13.0 Å². The molecule has 4 rings (SSSR count). The van der Waals surface area contributed by atoms with Crippen LogP contribution < -0.4 is 10.9 Å². The number of esters is 2. The van der Waals surface area contributed by atoms with Crippen molar-refractivity contribution in [1.29, 1.82) is 0 Å². The van der Waals surface area contributed by atoms with Crippen molar-refractivity contribution in [2.24, 2.45) is 7.05 Å². The normalized spacial score (nSPS) is 11.6. The van der Waals surface area contributed by atoms with E-state index in [0.29, 0.717) is 26.9 Å². The van der Waals surface area contributed by atoms with E-state index in [9.17, 15) is 19.2 Å². The van der Waals surface area contributed by atoms with Gasteiger partial charge in [-0.15, -0.1) is 0 Å². The average molecular weight is 519 g/mol. The fraction of sp³-hybridized carbons (Fsp3) is 0.143. The summed E-state index contributed by atoms with van der Waals surface area (Å²) in [7, 11) is 2.71. The summed E-state index contributed by atoms with van der Waals surface area (Å²) in [5, 5.41) is 4.09. The van der Waals surface area contributed by atoms with Crippen LogP contribution in [0.3, 0.4) is 0 Å². The highest BCUT2D eigenvalue weighted by atomic mass is 35.5. The number of hydrogen-bond acceptors (Lipinski definition) is 6. The number of carbonyl (C=O) groups excluding carboxylic acids is 3. The van der Waals surface area contributed by atoms with Gasteiger partial charge in [-0.3, -0.25) is 9.59 Å². The summed E-state index contributed by atoms with van der Waals surface area (Å²) in [6.07, 6.45) is -1.25. The Labute approximate surface area is 217 Å². The van der Waals surface area contributed by atoms with Crippen LogP contribution in [0.1, 0.15) is 27.8 Å². The SMILES string of the molecule is COC(=O)c1ccccc1NC(=O)C(C)OC(=O)c1c(-c2ccc(Cl)cc2)c2ccccc2c(=O)n1C. The standard InChI is InChI=1S/C28H23ClN2O6/c1-16(25(32)30-22-11-7-6-10-21(22)27(34)36-3)37-28(35)24-23(17-12-14-18(29)15-13-17)19-8-4-5-9-20(19)26(33)31(24)2/h4-16H,1-3H3,(H,30,32). The summed E-state index contributed by atoms with van der Waals surface area (Å²) >= 11 is 6.07. The van der Waals surface area contributed by atoms with Crippen LogP contribution in [0.25, 0.3) is 21.9 Å². The third-order valence-corrected chi connectivity index (χ3v) is 6.13. The molecule has 3 aromatic carbocycles. The van der Waals surface area contributed by atoms with Crippen molar-refractivity contribution in [2.75, 3.05) is 12.4 Å². The molecule has 0 aliphatic carbocycles. The van der Waals surface area contributed by atoms with Crippen molar-refractivity contribution in [1.82, 2.24) is 4.57 Å². The molecule has 0 spiro atoms. The van der Waals surface area contributed by atoms with Crippen LogP contribution in [0.4, 0.5) is 5.69 Å². The Bertz CT molecular complexity index is 1580. The van der Waals surface area contributed by atoms with E-state index in [1.807, 2.05) is 0 Å². The Hall–Kier alpha value is -4.43. The molecular weight excluding hydrogens is 496 g/mol. The molecule has 1 aromatic heterocycles. The minimum atomic E-state index is -1.25. The van der Waals surface area contributed by atoms with E-state index in [1.165, 1.54) is 37.8 Å². The average Bonchev–Trinajstić information content (AvgIpc) is 2.90. The Morgan fingerprint density at radius 3 is 2.19 bits per heavy atom. The molecular formula is C28H23ClN2O6. The first kappa shape index (κ1) is 25.7. The highest BCUT2D eigenvalue weighted by molar-refractivity contribution is 6.30. The largest absolute Gasteiger partial charge is 0.465 e. The van der Waals surface area contributed by atoms with Crippen LogP contribution in [0.2, 0.25) is 5.02 Å². The van der Waals surface area contributed by atoms with Crippen LogP contribution in [0, 0.1) is 0 Å². The van der Waals surface area contributed by atoms with E-state index in [0.717, 1.165) is 0 Å². The van der Waals surface area contributed by atoms with Crippen molar-refractivity contribution >= 4 is 45.9 Å². The zero-order valence-electron chi connectivity index (χ0n) is 20.3. The predicted molar refractivity (Wildman–Crippen MR) is 141 cm³/mol. The zero-order chi connectivity index (χ0) is 26.7. The van der Waals surface area contributed by atoms with Gasteiger partial charge in [0.05, 0.1) is 18.4 Å². The van der Waals surface area contributed by atoms with Gasteiger partial charge in [-0.1, -0.05) is 54.1 Å². The molecule has 0 bridgehead atoms. The maximum Gasteiger partial charge on any atom is 0.356 e. The molecule has 9 heteroatoms. The number of para-hydroxylation sites is 1. The summed E-state index contributed by atoms with van der Waals surface area (Å²) in [5.74, 6) is -2.15. The van der Waals surface area contributed by atoms with Gasteiger partial charge in [0, 0.05) is 23.0 Å². The Kier molecular flexibility index (Phi) is 7.40. The molecule has 1 N–H and O–H groups in total. The predicted octanol–water partition coefficient (Wildman–Crippen LogP) is 4.83. The monoisotopic (exact) mass is 518 g/mol. The van der Waals surface area contributed by atoms with Crippen molar-refractivity contribution in [3.8, 4) is 11.1 Å². The molecule has 0 radical (unpaired) electrons. The van der Waals surface area contributed by atoms with E-state index in [4.69, 9.17) is 21.1 Å². The molecule has 188 valence electrons. The summed E-state index contributed by atoms with van der Waals surface area (Å²) in [4.78, 5) is 51.4. The number of methoxy groups -OCH3 is 1. The number of nitrogens with zero attached hydrogens (tertiary/aromatic N) is 1. The molecule has 1 atom stereocenters. The van der Waals surface area contributed by atoms with Gasteiger partial charge in [-0.25, -0.2) is 9.59 Å². The van der Waals surface area contributed by atoms with E-state index in [2.05, 4.69) is 5.32 Å². The van der Waals surface area contributed by atoms with Gasteiger partial charge < -0.3 is 19.4 Å². The quantitative estimate of drug-likeness (QED) is 0.367. The number of hydrogen-bond donors (Lipinski definition) is 1. The number of rotatable bonds is 6. The molecule has 0 aliphatic heterocycles. The van der Waals surface area contributed by atoms with Crippen molar-refractivity contribution in [3.63, 3.8) is 0 Å². The van der Waals surface area contributed by atoms with E-state index < -0.39 is 23.9 Å². The number of benzene rings is 3. The Morgan fingerprint density at radius 2 is 1.51 bits per heavy atom. The molecule has 37 heavy (non-hydrogen) atoms. The lowest BCUT2D eigenvalue weighted by molar-refractivity contribution is -0.123. The van der Waals surface area contributed by atoms with Gasteiger partial charge in [0.2, 0.25) is 0 Å². The highest BCUT2D eigenvalue weighted by Crippen LogP contribution is 2.32. The highest BCUT2D eigenvalue weighted by Gasteiger charge is 2.27. The van der Waals surface area contributed by atoms with Crippen molar-refractivity contribution in [3.05, 3.63) is 99.4 Å². The first-order valence-electron chi connectivity index (χ1n) is 11.3. The molecule has 0 aliphatic rings. The number of carbonyl (C=O) groups is 3. The molecule has 8 nitrogen and oxygen atoms in total. The van der Waals surface area contributed by atoms with E-state index >= 15 is 0 Å². The molecule has 0 fully saturated rings. The fourth-order valence-electron chi connectivity index (χ4n) is 4.00. The Morgan fingerprint density at radius 1 is 0.892 bits per heavy atom. The maximum atomic E-state index is 13.4. The van der Waals surface area contributed by atoms with E-state index in [-0.39, 0.29) is 22.5 Å². The number of aromatic nitrogens is 1. The number of anilines is 1. The second-order valence-corrected chi connectivity index (χ2v) is 8.65. The minimum absolute atomic E-state index is 0.0133. The lowest BCUT2D eigenvalue weighted by Crippen LogP contribution is -2.33. The fourth-order valence-corrected chi connectivity index (χ4v) is 4.12. The molecule has 4 aromatic rings. The number of halogens is 1. The first-order chi connectivity index (χ1) is 17.7. The third kappa shape index (κ3) is 5.10. The van der Waals surface area contributed by atoms with Crippen LogP contribution in [0.5, 0.6) is 0 Å². The lowest BCUT2D eigenvalue weighted by atomic mass is 9.96. The number of nitrogens with one attached hydrogen (secondary N) is 1. The second-order valence-electron chi connectivity index (χ2n) is 8.21. The smallest absolute Gasteiger partial charge is 0.356 e. The third-order valence-electron chi connectivity index (χ3n) is 5.87. The summed E-state index contributed by atoms with van der Waals surface area (Å²) in [5.41, 5.74) is 1.08. The van der Waals surface area contributed by atoms with Crippen molar-refractivity contribution < 1.29 is 23.9 Å². The summed E-state index contributed by atoms with van der Waals surface area (Å²) < 4.78 is 11.5. The summed E-state index contributed by atoms with van der Waals surface area (Å²) in [6, 6.07) is 20.1. The van der Waals surface area contributed by atoms with Gasteiger partial charge in [-0.05, 0) is 48.2 Å². The minimum Gasteiger partial charge on any atom is -0.465 e. The topological polar surface area (TPSA) is 104 Å². The van der Waals surface area contributed by atoms with Gasteiger partial charge in [-0.2, -0.15) is 0 Å². The first-order valence-corrected chi connectivity index (χ1v) is 11.7. The number of fused-ring (bicyclic) bond motifs is 1. The van der Waals surface area contributed by atoms with Crippen LogP contribution in [0.15, 0.2) is 77.6 Å². The van der Waals surface area contributed by atoms with Gasteiger partial charge >= 0.3 is 11.9 Å². The number of ether oxygens (including phenoxy) is 2. The van der Waals surface area contributed by atoms with E-state index in [1.54, 1.807) is 60.7 Å². The van der Waals surface area contributed by atoms with Crippen LogP contribution >= 0.6 is 11.6 Å². The van der Waals surface area contributed by atoms with Crippen LogP contribution in [-0.4, -0.2) is 35.6 Å². The molecule has 1 unspecified atom stereocenters. The number of pyridine rings is 1. The summed E-state index contributed by atoms with van der Waals surface area (Å²) in [6.45, 7) is 1.40. The molecule has 1 heterocycles. The number of amides is 1. The zero-order valence-corrected chi connectivity index (χ0v) is 21.0. The molecule has 0 saturated heterocycles. The molecule has 1 amide bonds. The Balaban J connectivity index is 1.71. The van der Waals surface area contributed by atoms with Gasteiger partial charge in [0.1, 0.15) is 5.69 Å². The van der Waals surface area contributed by atoms with Gasteiger partial charge in [0.15, 0.2) is 6.10 Å². The van der Waals surface area contributed by atoms with Crippen LogP contribution in [-0.2, 0) is 21.3 Å². The second kappa shape index (κ2) is 10.7. The lowest BCUT2D eigenvalue weighted by Gasteiger charge is -2.19. The maximum absolute atomic E-state index is 13.4.